The van der Waals surface area contributed by atoms with Crippen LogP contribution in [0.3, 0.4) is 0 Å². The van der Waals surface area contributed by atoms with E-state index in [-0.39, 0.29) is 12.1 Å². The van der Waals surface area contributed by atoms with Crippen molar-refractivity contribution < 1.29 is 19.1 Å². The molecule has 1 amide bonds. The lowest BCUT2D eigenvalue weighted by Crippen LogP contribution is -2.30. The van der Waals surface area contributed by atoms with E-state index in [2.05, 4.69) is 10.3 Å². The molecule has 0 radical (unpaired) electrons. The van der Waals surface area contributed by atoms with Gasteiger partial charge in [-0.3, -0.25) is 19.0 Å². The normalized spacial score (nSPS) is 11.5. The van der Waals surface area contributed by atoms with Gasteiger partial charge in [-0.25, -0.2) is 4.98 Å². The van der Waals surface area contributed by atoms with Crippen LogP contribution in [0.15, 0.2) is 90.0 Å². The number of hydrogen-bond acceptors (Lipinski definition) is 6. The van der Waals surface area contributed by atoms with Crippen molar-refractivity contribution in [2.75, 3.05) is 12.4 Å². The summed E-state index contributed by atoms with van der Waals surface area (Å²) in [6, 6.07) is 22.3. The summed E-state index contributed by atoms with van der Waals surface area (Å²) in [5.74, 6) is -0.620. The fraction of sp³-hybridized carbons (Fsp3) is 0.120. The first-order valence-corrected chi connectivity index (χ1v) is 10.2. The zero-order valence-electron chi connectivity index (χ0n) is 17.8. The molecule has 0 bridgehead atoms. The molecule has 8 heteroatoms. The van der Waals surface area contributed by atoms with Gasteiger partial charge in [-0.1, -0.05) is 42.5 Å². The number of aromatic nitrogens is 2. The summed E-state index contributed by atoms with van der Waals surface area (Å²) in [5.41, 5.74) is 1.19. The Bertz CT molecular complexity index is 1330. The second-order valence-electron chi connectivity index (χ2n) is 7.19. The van der Waals surface area contributed by atoms with Crippen LogP contribution in [-0.4, -0.2) is 28.5 Å². The Morgan fingerprint density at radius 3 is 2.39 bits per heavy atom. The molecule has 1 atom stereocenters. The molecule has 8 nitrogen and oxygen atoms in total. The monoisotopic (exact) mass is 443 g/mol. The molecule has 33 heavy (non-hydrogen) atoms. The average Bonchev–Trinajstić information content (AvgIpc) is 2.85. The van der Waals surface area contributed by atoms with Gasteiger partial charge >= 0.3 is 5.97 Å². The molecule has 1 heterocycles. The maximum absolute atomic E-state index is 13.0. The number of anilines is 1. The summed E-state index contributed by atoms with van der Waals surface area (Å²) < 4.78 is 11.8. The molecule has 0 fully saturated rings. The highest BCUT2D eigenvalue weighted by Crippen LogP contribution is 2.22. The fourth-order valence-corrected chi connectivity index (χ4v) is 3.31. The molecule has 0 saturated heterocycles. The first-order valence-electron chi connectivity index (χ1n) is 10.2. The Kier molecular flexibility index (Phi) is 6.45. The summed E-state index contributed by atoms with van der Waals surface area (Å²) in [5, 5.41) is 3.14. The van der Waals surface area contributed by atoms with Crippen LogP contribution in [-0.2, 0) is 20.9 Å². The number of amides is 1. The van der Waals surface area contributed by atoms with Crippen molar-refractivity contribution in [2.45, 2.75) is 12.6 Å². The highest BCUT2D eigenvalue weighted by molar-refractivity contribution is 5.96. The number of ether oxygens (including phenoxy) is 2. The second kappa shape index (κ2) is 9.78. The van der Waals surface area contributed by atoms with Gasteiger partial charge in [0, 0.05) is 11.3 Å². The van der Waals surface area contributed by atoms with E-state index in [9.17, 15) is 14.4 Å². The van der Waals surface area contributed by atoms with Gasteiger partial charge in [0.25, 0.3) is 11.5 Å². The van der Waals surface area contributed by atoms with Crippen molar-refractivity contribution in [2.24, 2.45) is 0 Å². The van der Waals surface area contributed by atoms with Crippen LogP contribution >= 0.6 is 0 Å². The number of nitrogens with one attached hydrogen (secondary N) is 1. The number of para-hydroxylation sites is 1. The number of hydrogen-bond donors (Lipinski definition) is 1. The van der Waals surface area contributed by atoms with Gasteiger partial charge in [0.05, 0.1) is 24.3 Å². The zero-order chi connectivity index (χ0) is 23.2. The quantitative estimate of drug-likeness (QED) is 0.440. The molecule has 0 aliphatic heterocycles. The third-order valence-electron chi connectivity index (χ3n) is 4.98. The summed E-state index contributed by atoms with van der Waals surface area (Å²) in [6.45, 7) is -0.379. The number of rotatable bonds is 7. The van der Waals surface area contributed by atoms with E-state index in [1.54, 1.807) is 86.0 Å². The van der Waals surface area contributed by atoms with Gasteiger partial charge in [0.15, 0.2) is 0 Å². The zero-order valence-corrected chi connectivity index (χ0v) is 17.8. The lowest BCUT2D eigenvalue weighted by Gasteiger charge is -2.18. The predicted octanol–water partition coefficient (Wildman–Crippen LogP) is 3.33. The molecule has 1 N–H and O–H groups in total. The Morgan fingerprint density at radius 2 is 1.67 bits per heavy atom. The fourth-order valence-electron chi connectivity index (χ4n) is 3.31. The predicted molar refractivity (Wildman–Crippen MR) is 123 cm³/mol. The largest absolute Gasteiger partial charge is 0.497 e. The van der Waals surface area contributed by atoms with E-state index < -0.39 is 18.0 Å². The molecule has 166 valence electrons. The van der Waals surface area contributed by atoms with Crippen molar-refractivity contribution in [3.05, 3.63) is 101 Å². The van der Waals surface area contributed by atoms with Crippen LogP contribution in [0.4, 0.5) is 5.69 Å². The summed E-state index contributed by atoms with van der Waals surface area (Å²) in [7, 11) is 1.55. The van der Waals surface area contributed by atoms with Crippen molar-refractivity contribution >= 4 is 28.5 Å². The van der Waals surface area contributed by atoms with Crippen LogP contribution in [0.2, 0.25) is 0 Å². The van der Waals surface area contributed by atoms with E-state index in [0.717, 1.165) is 4.57 Å². The van der Waals surface area contributed by atoms with E-state index in [1.165, 1.54) is 6.33 Å². The van der Waals surface area contributed by atoms with E-state index in [0.29, 0.717) is 27.9 Å². The molecule has 3 aromatic carbocycles. The second-order valence-corrected chi connectivity index (χ2v) is 7.19. The van der Waals surface area contributed by atoms with Crippen molar-refractivity contribution in [3.8, 4) is 5.75 Å². The molecule has 1 unspecified atom stereocenters. The SMILES string of the molecule is COc1ccc(NC(=O)C(OC(=O)Cn2cnc3ccccc3c2=O)c2ccccc2)cc1. The molecular weight excluding hydrogens is 422 g/mol. The molecule has 4 rings (SSSR count). The maximum Gasteiger partial charge on any atom is 0.327 e. The number of fused-ring (bicyclic) bond motifs is 1. The summed E-state index contributed by atoms with van der Waals surface area (Å²) in [6.07, 6.45) is 0.0888. The highest BCUT2D eigenvalue weighted by Gasteiger charge is 2.25. The van der Waals surface area contributed by atoms with E-state index >= 15 is 0 Å². The van der Waals surface area contributed by atoms with Crippen LogP contribution in [0.25, 0.3) is 10.9 Å². The van der Waals surface area contributed by atoms with Crippen LogP contribution in [0, 0.1) is 0 Å². The van der Waals surface area contributed by atoms with Gasteiger partial charge < -0.3 is 14.8 Å². The number of benzene rings is 3. The Hall–Kier alpha value is -4.46. The Labute approximate surface area is 189 Å². The minimum atomic E-state index is -1.20. The van der Waals surface area contributed by atoms with Crippen LogP contribution in [0.5, 0.6) is 5.75 Å². The van der Waals surface area contributed by atoms with Gasteiger partial charge in [-0.05, 0) is 36.4 Å². The molecule has 0 aliphatic carbocycles. The maximum atomic E-state index is 13.0. The standard InChI is InChI=1S/C25H21N3O5/c1-32-19-13-11-18(12-14-19)27-24(30)23(17-7-3-2-4-8-17)33-22(29)15-28-16-26-21-10-6-5-9-20(21)25(28)31/h2-14,16,23H,15H2,1H3,(H,27,30). The minimum Gasteiger partial charge on any atom is -0.497 e. The third-order valence-corrected chi connectivity index (χ3v) is 4.98. The van der Waals surface area contributed by atoms with Crippen LogP contribution < -0.4 is 15.6 Å². The molecule has 0 spiro atoms. The van der Waals surface area contributed by atoms with Crippen LogP contribution in [0.1, 0.15) is 11.7 Å². The Balaban J connectivity index is 1.54. The van der Waals surface area contributed by atoms with Gasteiger partial charge in [-0.2, -0.15) is 0 Å². The number of methoxy groups -OCH3 is 1. The van der Waals surface area contributed by atoms with Crippen molar-refractivity contribution in [1.29, 1.82) is 0 Å². The lowest BCUT2D eigenvalue weighted by molar-refractivity contribution is -0.155. The molecule has 1 aromatic heterocycles. The Morgan fingerprint density at radius 1 is 0.970 bits per heavy atom. The minimum absolute atomic E-state index is 0.364. The number of esters is 1. The van der Waals surface area contributed by atoms with E-state index in [4.69, 9.17) is 9.47 Å². The van der Waals surface area contributed by atoms with Crippen molar-refractivity contribution in [1.82, 2.24) is 9.55 Å². The highest BCUT2D eigenvalue weighted by atomic mass is 16.5. The molecular formula is C25H21N3O5. The number of nitrogens with zero attached hydrogens (tertiary/aromatic N) is 2. The molecule has 4 aromatic rings. The van der Waals surface area contributed by atoms with Gasteiger partial charge in [0.2, 0.25) is 6.10 Å². The average molecular weight is 443 g/mol. The first kappa shape index (κ1) is 21.8. The summed E-state index contributed by atoms with van der Waals surface area (Å²) in [4.78, 5) is 42.6. The topological polar surface area (TPSA) is 99.5 Å². The number of carbonyl (C=O) groups is 2. The van der Waals surface area contributed by atoms with Gasteiger partial charge in [-0.15, -0.1) is 0 Å². The smallest absolute Gasteiger partial charge is 0.327 e. The molecule has 0 aliphatic rings. The number of carbonyl (C=O) groups excluding carboxylic acids is 2. The van der Waals surface area contributed by atoms with E-state index in [1.807, 2.05) is 0 Å². The molecule has 0 saturated carbocycles. The van der Waals surface area contributed by atoms with Crippen molar-refractivity contribution in [3.63, 3.8) is 0 Å². The summed E-state index contributed by atoms with van der Waals surface area (Å²) >= 11 is 0. The lowest BCUT2D eigenvalue weighted by atomic mass is 10.1. The van der Waals surface area contributed by atoms with Gasteiger partial charge in [0.1, 0.15) is 12.3 Å². The third kappa shape index (κ3) is 5.07. The first-order chi connectivity index (χ1) is 16.0.